The minimum Gasteiger partial charge on any atom is -0.330 e. The van der Waals surface area contributed by atoms with E-state index in [0.717, 1.165) is 6.54 Å². The molecule has 0 aliphatic heterocycles. The van der Waals surface area contributed by atoms with Gasteiger partial charge in [-0.25, -0.2) is 0 Å². The summed E-state index contributed by atoms with van der Waals surface area (Å²) in [5, 5.41) is 0. The van der Waals surface area contributed by atoms with Crippen LogP contribution in [-0.2, 0) is 0 Å². The first-order chi connectivity index (χ1) is 8.91. The lowest BCUT2D eigenvalue weighted by Gasteiger charge is -2.50. The zero-order valence-corrected chi connectivity index (χ0v) is 13.1. The fourth-order valence-electron chi connectivity index (χ4n) is 3.65. The Balaban J connectivity index is 2.48. The minimum absolute atomic E-state index is 0.288. The molecule has 2 N–H and O–H groups in total. The highest BCUT2D eigenvalue weighted by molar-refractivity contribution is 5.39. The summed E-state index contributed by atoms with van der Waals surface area (Å²) in [6.07, 6.45) is 3.85. The zero-order chi connectivity index (χ0) is 14.2. The summed E-state index contributed by atoms with van der Waals surface area (Å²) in [4.78, 5) is 2.36. The van der Waals surface area contributed by atoms with Crippen LogP contribution < -0.4 is 5.73 Å². The van der Waals surface area contributed by atoms with Gasteiger partial charge in [-0.05, 0) is 76.5 Å². The van der Waals surface area contributed by atoms with Gasteiger partial charge in [-0.3, -0.25) is 0 Å². The van der Waals surface area contributed by atoms with Crippen molar-refractivity contribution >= 4 is 0 Å². The van der Waals surface area contributed by atoms with E-state index >= 15 is 0 Å². The van der Waals surface area contributed by atoms with E-state index in [1.165, 1.54) is 41.5 Å². The summed E-state index contributed by atoms with van der Waals surface area (Å²) in [6.45, 7) is 7.43. The van der Waals surface area contributed by atoms with Crippen LogP contribution >= 0.6 is 0 Å². The first-order valence-electron chi connectivity index (χ1n) is 7.35. The van der Waals surface area contributed by atoms with Crippen molar-refractivity contribution in [1.29, 1.82) is 0 Å². The van der Waals surface area contributed by atoms with E-state index in [2.05, 4.69) is 51.9 Å². The van der Waals surface area contributed by atoms with Gasteiger partial charge < -0.3 is 10.6 Å². The maximum Gasteiger partial charge on any atom is 0.0413 e. The predicted octanol–water partition coefficient (Wildman–Crippen LogP) is 3.34. The van der Waals surface area contributed by atoms with E-state index in [1.54, 1.807) is 0 Å². The van der Waals surface area contributed by atoms with Crippen LogP contribution in [0, 0.1) is 26.2 Å². The number of nitrogens with zero attached hydrogens (tertiary/aromatic N) is 1. The first-order valence-corrected chi connectivity index (χ1v) is 7.35. The molecule has 0 radical (unpaired) electrons. The Bertz CT molecular complexity index is 453. The third-order valence-corrected chi connectivity index (χ3v) is 5.03. The zero-order valence-electron chi connectivity index (χ0n) is 13.1. The third-order valence-electron chi connectivity index (χ3n) is 5.03. The van der Waals surface area contributed by atoms with E-state index in [4.69, 9.17) is 5.73 Å². The summed E-state index contributed by atoms with van der Waals surface area (Å²) in [6, 6.07) is 5.15. The van der Waals surface area contributed by atoms with E-state index in [-0.39, 0.29) is 5.41 Å². The van der Waals surface area contributed by atoms with Crippen LogP contribution in [0.2, 0.25) is 0 Å². The molecule has 1 aliphatic carbocycles. The largest absolute Gasteiger partial charge is 0.330 e. The highest BCUT2D eigenvalue weighted by Gasteiger charge is 2.45. The summed E-state index contributed by atoms with van der Waals surface area (Å²) in [7, 11) is 4.38. The average Bonchev–Trinajstić information content (AvgIpc) is 2.28. The monoisotopic (exact) mass is 260 g/mol. The molecule has 1 aromatic carbocycles. The number of aryl methyl sites for hydroxylation is 3. The molecule has 2 heteroatoms. The highest BCUT2D eigenvalue weighted by Crippen LogP contribution is 2.52. The molecule has 106 valence electrons. The van der Waals surface area contributed by atoms with E-state index in [1.807, 2.05) is 0 Å². The maximum atomic E-state index is 6.14. The fourth-order valence-corrected chi connectivity index (χ4v) is 3.65. The van der Waals surface area contributed by atoms with Crippen LogP contribution in [0.15, 0.2) is 12.1 Å². The number of benzene rings is 1. The van der Waals surface area contributed by atoms with E-state index in [9.17, 15) is 0 Å². The van der Waals surface area contributed by atoms with Gasteiger partial charge in [0.05, 0.1) is 0 Å². The first kappa shape index (κ1) is 14.5. The van der Waals surface area contributed by atoms with Gasteiger partial charge >= 0.3 is 0 Å². The van der Waals surface area contributed by atoms with Crippen LogP contribution in [0.4, 0.5) is 0 Å². The lowest BCUT2D eigenvalue weighted by atomic mass is 9.61. The average molecular weight is 260 g/mol. The molecule has 0 spiro atoms. The lowest BCUT2D eigenvalue weighted by molar-refractivity contribution is 0.0278. The second kappa shape index (κ2) is 5.26. The Morgan fingerprint density at radius 1 is 1.11 bits per heavy atom. The number of rotatable bonds is 4. The molecule has 1 aromatic rings. The Morgan fingerprint density at radius 3 is 2.11 bits per heavy atom. The van der Waals surface area contributed by atoms with Gasteiger partial charge in [0.25, 0.3) is 0 Å². The second-order valence-electron chi connectivity index (χ2n) is 6.58. The molecule has 2 rings (SSSR count). The number of hydrogen-bond donors (Lipinski definition) is 1. The smallest absolute Gasteiger partial charge is 0.0413 e. The molecule has 0 bridgehead atoms. The van der Waals surface area contributed by atoms with Crippen molar-refractivity contribution in [3.05, 3.63) is 34.4 Å². The van der Waals surface area contributed by atoms with Gasteiger partial charge in [0.2, 0.25) is 0 Å². The van der Waals surface area contributed by atoms with Gasteiger partial charge in [0.15, 0.2) is 0 Å². The fraction of sp³-hybridized carbons (Fsp3) is 0.647. The molecule has 0 aromatic heterocycles. The molecule has 1 atom stereocenters. The molecule has 1 aliphatic rings. The molecule has 2 nitrogen and oxygen atoms in total. The summed E-state index contributed by atoms with van der Waals surface area (Å²) < 4.78 is 0. The Hall–Kier alpha value is -0.860. The van der Waals surface area contributed by atoms with Crippen molar-refractivity contribution in [2.24, 2.45) is 11.1 Å². The number of nitrogens with two attached hydrogens (primary N) is 1. The van der Waals surface area contributed by atoms with Crippen molar-refractivity contribution < 1.29 is 0 Å². The maximum absolute atomic E-state index is 6.14. The van der Waals surface area contributed by atoms with Gasteiger partial charge in [-0.2, -0.15) is 0 Å². The van der Waals surface area contributed by atoms with Gasteiger partial charge in [0.1, 0.15) is 0 Å². The van der Waals surface area contributed by atoms with E-state index < -0.39 is 0 Å². The number of hydrogen-bond acceptors (Lipinski definition) is 2. The quantitative estimate of drug-likeness (QED) is 0.899. The molecule has 0 saturated heterocycles. The SMILES string of the molecule is Cc1cc(C)c(C(N(C)C)C2(CN)CCC2)cc1C. The Morgan fingerprint density at radius 2 is 1.68 bits per heavy atom. The van der Waals surface area contributed by atoms with Crippen molar-refractivity contribution in [1.82, 2.24) is 4.90 Å². The van der Waals surface area contributed by atoms with Crippen molar-refractivity contribution in [3.63, 3.8) is 0 Å². The van der Waals surface area contributed by atoms with Crippen molar-refractivity contribution in [2.75, 3.05) is 20.6 Å². The van der Waals surface area contributed by atoms with Crippen LogP contribution in [0.25, 0.3) is 0 Å². The minimum atomic E-state index is 0.288. The lowest BCUT2D eigenvalue weighted by Crippen LogP contribution is -2.47. The summed E-state index contributed by atoms with van der Waals surface area (Å²) in [5.41, 5.74) is 12.1. The molecule has 1 fully saturated rings. The van der Waals surface area contributed by atoms with Crippen molar-refractivity contribution in [2.45, 2.75) is 46.1 Å². The van der Waals surface area contributed by atoms with Gasteiger partial charge in [-0.15, -0.1) is 0 Å². The van der Waals surface area contributed by atoms with Crippen LogP contribution in [0.1, 0.15) is 47.6 Å². The molecule has 1 unspecified atom stereocenters. The molecule has 19 heavy (non-hydrogen) atoms. The highest BCUT2D eigenvalue weighted by atomic mass is 15.1. The molecule has 1 saturated carbocycles. The Kier molecular flexibility index (Phi) is 4.03. The van der Waals surface area contributed by atoms with Crippen LogP contribution in [0.5, 0.6) is 0 Å². The predicted molar refractivity (Wildman–Crippen MR) is 82.4 cm³/mol. The van der Waals surface area contributed by atoms with Gasteiger partial charge in [0, 0.05) is 11.5 Å². The van der Waals surface area contributed by atoms with Crippen molar-refractivity contribution in [3.8, 4) is 0 Å². The van der Waals surface area contributed by atoms with Gasteiger partial charge in [-0.1, -0.05) is 18.6 Å². The second-order valence-corrected chi connectivity index (χ2v) is 6.58. The normalized spacial score (nSPS) is 19.3. The molecular weight excluding hydrogens is 232 g/mol. The summed E-state index contributed by atoms with van der Waals surface area (Å²) >= 11 is 0. The summed E-state index contributed by atoms with van der Waals surface area (Å²) in [5.74, 6) is 0. The molecule has 0 heterocycles. The van der Waals surface area contributed by atoms with Crippen LogP contribution in [-0.4, -0.2) is 25.5 Å². The van der Waals surface area contributed by atoms with E-state index in [0.29, 0.717) is 6.04 Å². The third kappa shape index (κ3) is 2.44. The Labute approximate surface area is 118 Å². The molecular formula is C17H28N2. The van der Waals surface area contributed by atoms with Crippen LogP contribution in [0.3, 0.4) is 0 Å². The topological polar surface area (TPSA) is 29.3 Å². The molecule has 0 amide bonds. The standard InChI is InChI=1S/C17H28N2/c1-12-9-14(3)15(10-13(12)2)16(19(4)5)17(11-18)7-6-8-17/h9-10,16H,6-8,11,18H2,1-5H3.